The van der Waals surface area contributed by atoms with Crippen molar-refractivity contribution in [2.45, 2.75) is 0 Å². The smallest absolute Gasteiger partial charge is 0.271 e. The van der Waals surface area contributed by atoms with Gasteiger partial charge in [0.25, 0.3) is 5.91 Å². The van der Waals surface area contributed by atoms with E-state index in [1.54, 1.807) is 43.4 Å². The Morgan fingerprint density at radius 1 is 1.31 bits per heavy atom. The minimum absolute atomic E-state index is 0.0728. The molecule has 3 rings (SSSR count). The highest BCUT2D eigenvalue weighted by molar-refractivity contribution is 7.69. The van der Waals surface area contributed by atoms with Crippen molar-refractivity contribution in [3.8, 4) is 17.0 Å². The molecule has 3 N–H and O–H groups in total. The van der Waals surface area contributed by atoms with E-state index in [1.807, 2.05) is 0 Å². The maximum atomic E-state index is 12.5. The summed E-state index contributed by atoms with van der Waals surface area (Å²) in [6, 6.07) is 4.88. The summed E-state index contributed by atoms with van der Waals surface area (Å²) >= 11 is 5.89. The van der Waals surface area contributed by atoms with Crippen LogP contribution in [0, 0.1) is 0 Å². The Labute approximate surface area is 171 Å². The zero-order valence-corrected chi connectivity index (χ0v) is 17.8. The first-order valence-electron chi connectivity index (χ1n) is 8.34. The molecule has 0 saturated heterocycles. The standard InChI is InChI=1S/C17H19ClN7O3P/c1-25-13(29(3,4)27)8-10(24-25)9-5-6-20-17(15(9)28-2)21-11-7-12(18)22-23-14(11)16(19)26/h5-8H,1-4H3,(H2,19,26)(H,20,21,22). The number of halogens is 1. The van der Waals surface area contributed by atoms with Crippen LogP contribution in [0.3, 0.4) is 0 Å². The van der Waals surface area contributed by atoms with Gasteiger partial charge in [0.2, 0.25) is 0 Å². The number of hydrogen-bond donors (Lipinski definition) is 2. The van der Waals surface area contributed by atoms with Gasteiger partial charge in [0.1, 0.15) is 7.14 Å². The van der Waals surface area contributed by atoms with E-state index >= 15 is 0 Å². The van der Waals surface area contributed by atoms with Crippen molar-refractivity contribution in [1.29, 1.82) is 0 Å². The summed E-state index contributed by atoms with van der Waals surface area (Å²) in [6.07, 6.45) is 1.55. The lowest BCUT2D eigenvalue weighted by atomic mass is 10.1. The molecular formula is C17H19ClN7O3P. The van der Waals surface area contributed by atoms with Crippen molar-refractivity contribution in [2.75, 3.05) is 25.8 Å². The molecule has 3 heterocycles. The predicted octanol–water partition coefficient (Wildman–Crippen LogP) is 2.02. The Morgan fingerprint density at radius 2 is 2.03 bits per heavy atom. The van der Waals surface area contributed by atoms with Crippen molar-refractivity contribution in [3.63, 3.8) is 0 Å². The number of hydrogen-bond acceptors (Lipinski definition) is 8. The van der Waals surface area contributed by atoms with Crippen LogP contribution in [0.4, 0.5) is 11.5 Å². The maximum absolute atomic E-state index is 12.5. The van der Waals surface area contributed by atoms with Crippen molar-refractivity contribution < 1.29 is 14.1 Å². The first-order chi connectivity index (χ1) is 13.6. The van der Waals surface area contributed by atoms with E-state index in [1.165, 1.54) is 13.2 Å². The van der Waals surface area contributed by atoms with Crippen LogP contribution in [0.15, 0.2) is 24.4 Å². The SMILES string of the molecule is COc1c(-c2cc(P(C)(C)=O)n(C)n2)ccnc1Nc1cc(Cl)nnc1C(N)=O. The number of ether oxygens (including phenoxy) is 1. The minimum atomic E-state index is -2.52. The topological polar surface area (TPSA) is 138 Å². The Kier molecular flexibility index (Phi) is 5.59. The number of nitrogens with two attached hydrogens (primary N) is 1. The van der Waals surface area contributed by atoms with E-state index < -0.39 is 13.0 Å². The number of amides is 1. The first kappa shape index (κ1) is 20.8. The summed E-state index contributed by atoms with van der Waals surface area (Å²) in [4.78, 5) is 15.9. The fourth-order valence-corrected chi connectivity index (χ4v) is 4.13. The zero-order valence-electron chi connectivity index (χ0n) is 16.2. The summed E-state index contributed by atoms with van der Waals surface area (Å²) < 4.78 is 19.6. The van der Waals surface area contributed by atoms with Crippen LogP contribution in [0.5, 0.6) is 5.75 Å². The van der Waals surface area contributed by atoms with Gasteiger partial charge in [-0.2, -0.15) is 5.10 Å². The van der Waals surface area contributed by atoms with Crippen molar-refractivity contribution in [2.24, 2.45) is 12.8 Å². The molecule has 152 valence electrons. The van der Waals surface area contributed by atoms with Gasteiger partial charge in [-0.05, 0) is 25.5 Å². The van der Waals surface area contributed by atoms with Crippen LogP contribution in [0.1, 0.15) is 10.5 Å². The summed E-state index contributed by atoms with van der Waals surface area (Å²) in [5.74, 6) is -0.120. The molecule has 1 amide bonds. The van der Waals surface area contributed by atoms with Crippen molar-refractivity contribution >= 4 is 41.6 Å². The number of carbonyl (C=O) groups is 1. The zero-order chi connectivity index (χ0) is 21.3. The van der Waals surface area contributed by atoms with Crippen LogP contribution >= 0.6 is 18.7 Å². The van der Waals surface area contributed by atoms with E-state index in [-0.39, 0.29) is 16.5 Å². The van der Waals surface area contributed by atoms with E-state index in [4.69, 9.17) is 22.1 Å². The summed E-state index contributed by atoms with van der Waals surface area (Å²) in [6.45, 7) is 3.35. The number of nitrogens with one attached hydrogen (secondary N) is 1. The summed E-state index contributed by atoms with van der Waals surface area (Å²) in [7, 11) is 0.689. The third-order valence-corrected chi connectivity index (χ3v) is 5.75. The molecule has 10 nitrogen and oxygen atoms in total. The molecule has 0 bridgehead atoms. The largest absolute Gasteiger partial charge is 0.492 e. The quantitative estimate of drug-likeness (QED) is 0.561. The molecule has 0 fully saturated rings. The molecule has 0 aliphatic carbocycles. The van der Waals surface area contributed by atoms with Gasteiger partial charge >= 0.3 is 0 Å². The van der Waals surface area contributed by atoms with Gasteiger partial charge < -0.3 is 20.4 Å². The molecule has 0 radical (unpaired) electrons. The van der Waals surface area contributed by atoms with Gasteiger partial charge in [-0.25, -0.2) is 4.98 Å². The van der Waals surface area contributed by atoms with E-state index in [2.05, 4.69) is 25.6 Å². The van der Waals surface area contributed by atoms with Gasteiger partial charge in [-0.15, -0.1) is 10.2 Å². The number of carbonyl (C=O) groups excluding carboxylic acids is 1. The lowest BCUT2D eigenvalue weighted by Crippen LogP contribution is -2.16. The average Bonchev–Trinajstić information content (AvgIpc) is 3.03. The van der Waals surface area contributed by atoms with Crippen LogP contribution in [0.25, 0.3) is 11.3 Å². The Hall–Kier alpha value is -2.97. The van der Waals surface area contributed by atoms with E-state index in [0.717, 1.165) is 0 Å². The highest BCUT2D eigenvalue weighted by atomic mass is 35.5. The fourth-order valence-electron chi connectivity index (χ4n) is 2.81. The normalized spacial score (nSPS) is 11.3. The van der Waals surface area contributed by atoms with Gasteiger partial charge in [0, 0.05) is 24.9 Å². The molecule has 12 heteroatoms. The maximum Gasteiger partial charge on any atom is 0.271 e. The third kappa shape index (κ3) is 4.23. The van der Waals surface area contributed by atoms with Crippen LogP contribution < -0.4 is 21.2 Å². The van der Waals surface area contributed by atoms with Crippen LogP contribution in [0.2, 0.25) is 5.15 Å². The molecule has 3 aromatic heterocycles. The number of methoxy groups -OCH3 is 1. The van der Waals surface area contributed by atoms with E-state index in [9.17, 15) is 9.36 Å². The van der Waals surface area contributed by atoms with Crippen LogP contribution in [-0.2, 0) is 11.6 Å². The summed E-state index contributed by atoms with van der Waals surface area (Å²) in [5.41, 5.74) is 7.30. The molecule has 0 atom stereocenters. The Balaban J connectivity index is 2.10. The van der Waals surface area contributed by atoms with Gasteiger partial charge in [0.15, 0.2) is 22.4 Å². The Bertz CT molecular complexity index is 1140. The number of pyridine rings is 1. The van der Waals surface area contributed by atoms with Crippen LogP contribution in [-0.4, -0.2) is 51.3 Å². The summed E-state index contributed by atoms with van der Waals surface area (Å²) in [5, 5.41) is 14.8. The lowest BCUT2D eigenvalue weighted by molar-refractivity contribution is 0.0995. The molecule has 0 unspecified atom stereocenters. The number of anilines is 2. The highest BCUT2D eigenvalue weighted by Crippen LogP contribution is 2.39. The monoisotopic (exact) mass is 435 g/mol. The molecule has 0 aliphatic rings. The molecule has 0 spiro atoms. The number of nitrogens with zero attached hydrogens (tertiary/aromatic N) is 5. The average molecular weight is 436 g/mol. The van der Waals surface area contributed by atoms with Gasteiger partial charge in [0.05, 0.1) is 23.9 Å². The molecular weight excluding hydrogens is 417 g/mol. The molecule has 0 aliphatic heterocycles. The van der Waals surface area contributed by atoms with Gasteiger partial charge in [-0.3, -0.25) is 9.48 Å². The molecule has 3 aromatic rings. The third-order valence-electron chi connectivity index (χ3n) is 4.04. The second kappa shape index (κ2) is 7.81. The second-order valence-electron chi connectivity index (χ2n) is 6.52. The molecule has 29 heavy (non-hydrogen) atoms. The molecule has 0 aromatic carbocycles. The minimum Gasteiger partial charge on any atom is -0.492 e. The highest BCUT2D eigenvalue weighted by Gasteiger charge is 2.22. The lowest BCUT2D eigenvalue weighted by Gasteiger charge is -2.14. The number of primary amides is 1. The number of rotatable bonds is 6. The second-order valence-corrected chi connectivity index (χ2v) is 10.1. The van der Waals surface area contributed by atoms with Crippen molar-refractivity contribution in [3.05, 3.63) is 35.2 Å². The molecule has 0 saturated carbocycles. The number of aromatic nitrogens is 5. The van der Waals surface area contributed by atoms with Crippen molar-refractivity contribution in [1.82, 2.24) is 25.0 Å². The predicted molar refractivity (Wildman–Crippen MR) is 111 cm³/mol. The first-order valence-corrected chi connectivity index (χ1v) is 11.3. The fraction of sp³-hybridized carbons (Fsp3) is 0.235. The van der Waals surface area contributed by atoms with E-state index in [0.29, 0.717) is 28.3 Å². The number of aryl methyl sites for hydroxylation is 1. The van der Waals surface area contributed by atoms with Gasteiger partial charge in [-0.1, -0.05) is 11.6 Å². The Morgan fingerprint density at radius 3 is 2.62 bits per heavy atom.